The SMILES string of the molecule is COC(=O)Cc1cc(=O)[nH]c(SCc2ccc(C)cc2)n1. The van der Waals surface area contributed by atoms with E-state index in [1.807, 2.05) is 31.2 Å². The molecule has 0 aliphatic carbocycles. The highest BCUT2D eigenvalue weighted by Gasteiger charge is 2.08. The Hall–Kier alpha value is -2.08. The van der Waals surface area contributed by atoms with Gasteiger partial charge in [0, 0.05) is 11.8 Å². The van der Waals surface area contributed by atoms with Crippen LogP contribution >= 0.6 is 11.8 Å². The number of nitrogens with one attached hydrogen (secondary N) is 1. The van der Waals surface area contributed by atoms with Crippen molar-refractivity contribution < 1.29 is 9.53 Å². The van der Waals surface area contributed by atoms with Crippen LogP contribution in [0.5, 0.6) is 0 Å². The molecular formula is C15H16N2O3S. The zero-order chi connectivity index (χ0) is 15.2. The van der Waals surface area contributed by atoms with Crippen molar-refractivity contribution >= 4 is 17.7 Å². The first-order valence-electron chi connectivity index (χ1n) is 6.42. The number of nitrogens with zero attached hydrogens (tertiary/aromatic N) is 1. The molecule has 0 aliphatic rings. The summed E-state index contributed by atoms with van der Waals surface area (Å²) in [5.74, 6) is 0.285. The molecule has 1 aromatic carbocycles. The van der Waals surface area contributed by atoms with Gasteiger partial charge in [0.25, 0.3) is 5.56 Å². The van der Waals surface area contributed by atoms with Gasteiger partial charge in [-0.15, -0.1) is 0 Å². The summed E-state index contributed by atoms with van der Waals surface area (Å²) in [6.45, 7) is 2.03. The van der Waals surface area contributed by atoms with Gasteiger partial charge < -0.3 is 9.72 Å². The molecule has 0 unspecified atom stereocenters. The average molecular weight is 304 g/mol. The predicted octanol–water partition coefficient (Wildman–Crippen LogP) is 2.09. The predicted molar refractivity (Wildman–Crippen MR) is 81.3 cm³/mol. The monoisotopic (exact) mass is 304 g/mol. The van der Waals surface area contributed by atoms with Gasteiger partial charge in [-0.25, -0.2) is 4.98 Å². The van der Waals surface area contributed by atoms with E-state index in [9.17, 15) is 9.59 Å². The second-order valence-corrected chi connectivity index (χ2v) is 5.53. The molecule has 110 valence electrons. The number of benzene rings is 1. The van der Waals surface area contributed by atoms with Crippen LogP contribution < -0.4 is 5.56 Å². The summed E-state index contributed by atoms with van der Waals surface area (Å²) < 4.78 is 4.58. The molecule has 1 heterocycles. The van der Waals surface area contributed by atoms with E-state index < -0.39 is 5.97 Å². The third-order valence-corrected chi connectivity index (χ3v) is 3.77. The molecule has 0 amide bonds. The van der Waals surface area contributed by atoms with Gasteiger partial charge in [-0.2, -0.15) is 0 Å². The summed E-state index contributed by atoms with van der Waals surface area (Å²) in [4.78, 5) is 29.7. The van der Waals surface area contributed by atoms with Crippen LogP contribution in [0.15, 0.2) is 40.3 Å². The average Bonchev–Trinajstić information content (AvgIpc) is 2.46. The normalized spacial score (nSPS) is 10.4. The van der Waals surface area contributed by atoms with Crippen molar-refractivity contribution in [3.63, 3.8) is 0 Å². The highest BCUT2D eigenvalue weighted by molar-refractivity contribution is 7.98. The van der Waals surface area contributed by atoms with Gasteiger partial charge in [-0.05, 0) is 12.5 Å². The van der Waals surface area contributed by atoms with Crippen LogP contribution in [0.1, 0.15) is 16.8 Å². The van der Waals surface area contributed by atoms with Crippen LogP contribution in [0.25, 0.3) is 0 Å². The molecule has 0 radical (unpaired) electrons. The Balaban J connectivity index is 2.07. The third kappa shape index (κ3) is 4.75. The van der Waals surface area contributed by atoms with Crippen molar-refractivity contribution in [1.29, 1.82) is 0 Å². The number of carbonyl (C=O) groups excluding carboxylic acids is 1. The quantitative estimate of drug-likeness (QED) is 0.520. The van der Waals surface area contributed by atoms with Gasteiger partial charge in [0.2, 0.25) is 0 Å². The maximum absolute atomic E-state index is 11.6. The molecule has 5 nitrogen and oxygen atoms in total. The summed E-state index contributed by atoms with van der Waals surface area (Å²) in [7, 11) is 1.31. The maximum atomic E-state index is 11.6. The molecule has 0 atom stereocenters. The largest absolute Gasteiger partial charge is 0.469 e. The lowest BCUT2D eigenvalue weighted by Gasteiger charge is -2.04. The van der Waals surface area contributed by atoms with E-state index in [1.165, 1.54) is 30.5 Å². The van der Waals surface area contributed by atoms with Crippen LogP contribution in [-0.4, -0.2) is 23.0 Å². The van der Waals surface area contributed by atoms with E-state index >= 15 is 0 Å². The molecular weight excluding hydrogens is 288 g/mol. The molecule has 0 bridgehead atoms. The lowest BCUT2D eigenvalue weighted by molar-refractivity contribution is -0.139. The standard InChI is InChI=1S/C15H16N2O3S/c1-10-3-5-11(6-4-10)9-21-15-16-12(7-13(18)17-15)8-14(19)20-2/h3-7H,8-9H2,1-2H3,(H,16,17,18). The van der Waals surface area contributed by atoms with Crippen LogP contribution in [-0.2, 0) is 21.7 Å². The number of esters is 1. The Kier molecular flexibility index (Phi) is 5.16. The van der Waals surface area contributed by atoms with E-state index in [2.05, 4.69) is 14.7 Å². The number of rotatable bonds is 5. The molecule has 1 aromatic heterocycles. The van der Waals surface area contributed by atoms with E-state index in [-0.39, 0.29) is 12.0 Å². The molecule has 2 rings (SSSR count). The number of aromatic nitrogens is 2. The molecule has 0 saturated carbocycles. The smallest absolute Gasteiger partial charge is 0.311 e. The fourth-order valence-electron chi connectivity index (χ4n) is 1.70. The van der Waals surface area contributed by atoms with Gasteiger partial charge in [-0.3, -0.25) is 9.59 Å². The topological polar surface area (TPSA) is 72.1 Å². The fraction of sp³-hybridized carbons (Fsp3) is 0.267. The van der Waals surface area contributed by atoms with Gasteiger partial charge in [0.1, 0.15) is 0 Å². The summed E-state index contributed by atoms with van der Waals surface area (Å²) >= 11 is 1.42. The Morgan fingerprint density at radius 2 is 2.05 bits per heavy atom. The molecule has 1 N–H and O–H groups in total. The summed E-state index contributed by atoms with van der Waals surface area (Å²) in [5, 5.41) is 0.502. The second-order valence-electron chi connectivity index (χ2n) is 4.57. The van der Waals surface area contributed by atoms with E-state index in [0.717, 1.165) is 5.56 Å². The second kappa shape index (κ2) is 7.08. The number of aromatic amines is 1. The summed E-state index contributed by atoms with van der Waals surface area (Å²) in [6.07, 6.45) is -0.00148. The molecule has 0 aliphatic heterocycles. The first-order valence-corrected chi connectivity index (χ1v) is 7.41. The molecule has 6 heteroatoms. The Morgan fingerprint density at radius 3 is 2.71 bits per heavy atom. The minimum atomic E-state index is -0.414. The van der Waals surface area contributed by atoms with Crippen LogP contribution in [0, 0.1) is 6.92 Å². The minimum Gasteiger partial charge on any atom is -0.469 e. The minimum absolute atomic E-state index is 0.00148. The van der Waals surface area contributed by atoms with Crippen molar-refractivity contribution in [2.45, 2.75) is 24.3 Å². The molecule has 2 aromatic rings. The number of methoxy groups -OCH3 is 1. The molecule has 21 heavy (non-hydrogen) atoms. The summed E-state index contributed by atoms with van der Waals surface area (Å²) in [5.41, 5.74) is 2.49. The Labute approximate surface area is 126 Å². The van der Waals surface area contributed by atoms with Gasteiger partial charge >= 0.3 is 5.97 Å². The molecule has 0 spiro atoms. The number of thioether (sulfide) groups is 1. The van der Waals surface area contributed by atoms with Crippen molar-refractivity contribution in [1.82, 2.24) is 9.97 Å². The first-order chi connectivity index (χ1) is 10.1. The molecule has 0 fully saturated rings. The number of carbonyl (C=O) groups is 1. The van der Waals surface area contributed by atoms with E-state index in [4.69, 9.17) is 0 Å². The lowest BCUT2D eigenvalue weighted by atomic mass is 10.2. The first kappa shape index (κ1) is 15.3. The van der Waals surface area contributed by atoms with Crippen LogP contribution in [0.4, 0.5) is 0 Å². The van der Waals surface area contributed by atoms with E-state index in [1.54, 1.807) is 0 Å². The lowest BCUT2D eigenvalue weighted by Crippen LogP contribution is -2.13. The van der Waals surface area contributed by atoms with Crippen molar-refractivity contribution in [3.8, 4) is 0 Å². The van der Waals surface area contributed by atoms with Crippen LogP contribution in [0.2, 0.25) is 0 Å². The van der Waals surface area contributed by atoms with Crippen molar-refractivity contribution in [2.24, 2.45) is 0 Å². The van der Waals surface area contributed by atoms with Crippen molar-refractivity contribution in [3.05, 3.63) is 57.5 Å². The Bertz CT molecular complexity index is 680. The number of hydrogen-bond donors (Lipinski definition) is 1. The highest BCUT2D eigenvalue weighted by atomic mass is 32.2. The fourth-order valence-corrected chi connectivity index (χ4v) is 2.55. The maximum Gasteiger partial charge on any atom is 0.311 e. The molecule has 0 saturated heterocycles. The van der Waals surface area contributed by atoms with Crippen molar-refractivity contribution in [2.75, 3.05) is 7.11 Å². The zero-order valence-electron chi connectivity index (χ0n) is 11.9. The Morgan fingerprint density at radius 1 is 1.33 bits per heavy atom. The van der Waals surface area contributed by atoms with Gasteiger partial charge in [-0.1, -0.05) is 41.6 Å². The number of ether oxygens (including phenoxy) is 1. The van der Waals surface area contributed by atoms with Gasteiger partial charge in [0.05, 0.1) is 19.2 Å². The van der Waals surface area contributed by atoms with E-state index in [0.29, 0.717) is 16.6 Å². The zero-order valence-corrected chi connectivity index (χ0v) is 12.7. The third-order valence-electron chi connectivity index (χ3n) is 2.82. The number of aryl methyl sites for hydroxylation is 1. The number of hydrogen-bond acceptors (Lipinski definition) is 5. The summed E-state index contributed by atoms with van der Waals surface area (Å²) in [6, 6.07) is 9.48. The van der Waals surface area contributed by atoms with Gasteiger partial charge in [0.15, 0.2) is 5.16 Å². The van der Waals surface area contributed by atoms with Crippen LogP contribution in [0.3, 0.4) is 0 Å². The highest BCUT2D eigenvalue weighted by Crippen LogP contribution is 2.18. The number of H-pyrrole nitrogens is 1.